The number of hydroxylamine groups is 2. The fourth-order valence-corrected chi connectivity index (χ4v) is 0.900. The highest BCUT2D eigenvalue weighted by Crippen LogP contribution is 2.25. The van der Waals surface area contributed by atoms with Crippen LogP contribution in [0.2, 0.25) is 0 Å². The second-order valence-electron chi connectivity index (χ2n) is 2.72. The zero-order valence-electron chi connectivity index (χ0n) is 6.57. The maximum absolute atomic E-state index is 9.28. The Balaban J connectivity index is 3.06. The van der Waals surface area contributed by atoms with E-state index >= 15 is 0 Å². The molecule has 0 bridgehead atoms. The van der Waals surface area contributed by atoms with Crippen LogP contribution in [0.15, 0.2) is 23.9 Å². The molecule has 0 radical (unpaired) electrons. The summed E-state index contributed by atoms with van der Waals surface area (Å²) in [5.41, 5.74) is -0.0561. The highest BCUT2D eigenvalue weighted by molar-refractivity contribution is 5.33. The van der Waals surface area contributed by atoms with Crippen LogP contribution in [-0.2, 0) is 0 Å². The van der Waals surface area contributed by atoms with Crippen molar-refractivity contribution < 1.29 is 5.21 Å². The summed E-state index contributed by atoms with van der Waals surface area (Å²) >= 11 is 0. The monoisotopic (exact) mass is 150 g/mol. The van der Waals surface area contributed by atoms with E-state index in [9.17, 15) is 5.21 Å². The van der Waals surface area contributed by atoms with Gasteiger partial charge < -0.3 is 0 Å². The topological polar surface area (TPSA) is 47.3 Å². The number of hydrogen-bond donors (Lipinski definition) is 1. The van der Waals surface area contributed by atoms with Crippen molar-refractivity contribution in [3.63, 3.8) is 0 Å². The molecule has 11 heavy (non-hydrogen) atoms. The zero-order valence-corrected chi connectivity index (χ0v) is 6.57. The lowest BCUT2D eigenvalue weighted by Crippen LogP contribution is -2.41. The first-order valence-electron chi connectivity index (χ1n) is 3.36. The number of nitriles is 1. The number of nitrogens with zero attached hydrogens (tertiary/aromatic N) is 2. The molecule has 0 aliphatic carbocycles. The minimum absolute atomic E-state index is 0.838. The molecule has 1 aliphatic heterocycles. The molecule has 0 saturated heterocycles. The molecule has 1 unspecified atom stereocenters. The van der Waals surface area contributed by atoms with Crippen molar-refractivity contribution in [2.45, 2.75) is 19.4 Å². The summed E-state index contributed by atoms with van der Waals surface area (Å²) in [6.45, 7) is 3.48. The quantitative estimate of drug-likeness (QED) is 0.568. The first kappa shape index (κ1) is 7.83. The fraction of sp³-hybridized carbons (Fsp3) is 0.375. The lowest BCUT2D eigenvalue weighted by atomic mass is 9.92. The molecular weight excluding hydrogens is 140 g/mol. The van der Waals surface area contributed by atoms with Crippen LogP contribution in [0.3, 0.4) is 0 Å². The summed E-state index contributed by atoms with van der Waals surface area (Å²) in [6, 6.07) is 2.04. The summed E-state index contributed by atoms with van der Waals surface area (Å²) in [6.07, 6.45) is 4.99. The lowest BCUT2D eigenvalue weighted by molar-refractivity contribution is -0.0896. The Kier molecular flexibility index (Phi) is 1.71. The molecule has 0 aromatic carbocycles. The van der Waals surface area contributed by atoms with Crippen molar-refractivity contribution in [1.82, 2.24) is 5.06 Å². The molecule has 3 heteroatoms. The molecule has 1 N–H and O–H groups in total. The molecule has 0 saturated carbocycles. The fourth-order valence-electron chi connectivity index (χ4n) is 0.900. The largest absolute Gasteiger partial charge is 0.287 e. The summed E-state index contributed by atoms with van der Waals surface area (Å²) in [5, 5.41) is 19.0. The first-order valence-corrected chi connectivity index (χ1v) is 3.36. The van der Waals surface area contributed by atoms with Gasteiger partial charge in [-0.2, -0.15) is 5.26 Å². The van der Waals surface area contributed by atoms with Crippen molar-refractivity contribution >= 4 is 0 Å². The highest BCUT2D eigenvalue weighted by atomic mass is 16.5. The van der Waals surface area contributed by atoms with Gasteiger partial charge in [0.15, 0.2) is 5.54 Å². The maximum Gasteiger partial charge on any atom is 0.170 e. The summed E-state index contributed by atoms with van der Waals surface area (Å²) in [4.78, 5) is 0. The van der Waals surface area contributed by atoms with Crippen LogP contribution in [0, 0.1) is 11.3 Å². The lowest BCUT2D eigenvalue weighted by Gasteiger charge is -2.32. The van der Waals surface area contributed by atoms with Crippen LogP contribution in [0.4, 0.5) is 0 Å². The van der Waals surface area contributed by atoms with Gasteiger partial charge in [-0.05, 0) is 25.5 Å². The van der Waals surface area contributed by atoms with Crippen LogP contribution in [0.25, 0.3) is 0 Å². The minimum Gasteiger partial charge on any atom is -0.287 e. The zero-order chi connectivity index (χ0) is 8.48. The molecule has 1 atom stereocenters. The highest BCUT2D eigenvalue weighted by Gasteiger charge is 2.32. The van der Waals surface area contributed by atoms with Crippen molar-refractivity contribution in [3.05, 3.63) is 23.9 Å². The van der Waals surface area contributed by atoms with E-state index in [1.165, 1.54) is 6.20 Å². The molecule has 0 fully saturated rings. The van der Waals surface area contributed by atoms with Crippen LogP contribution in [0.5, 0.6) is 0 Å². The normalized spacial score (nSPS) is 29.6. The Morgan fingerprint density at radius 3 is 2.73 bits per heavy atom. The summed E-state index contributed by atoms with van der Waals surface area (Å²) in [5.74, 6) is 0. The van der Waals surface area contributed by atoms with E-state index in [2.05, 4.69) is 0 Å². The van der Waals surface area contributed by atoms with E-state index in [1.54, 1.807) is 13.0 Å². The van der Waals surface area contributed by atoms with Gasteiger partial charge in [0, 0.05) is 6.20 Å². The number of rotatable bonds is 0. The average Bonchev–Trinajstić information content (AvgIpc) is 2.00. The van der Waals surface area contributed by atoms with Crippen LogP contribution >= 0.6 is 0 Å². The second-order valence-corrected chi connectivity index (χ2v) is 2.72. The van der Waals surface area contributed by atoms with Gasteiger partial charge in [0.2, 0.25) is 0 Å². The van der Waals surface area contributed by atoms with Gasteiger partial charge in [0.05, 0.1) is 6.07 Å². The van der Waals surface area contributed by atoms with Gasteiger partial charge in [-0.1, -0.05) is 6.08 Å². The van der Waals surface area contributed by atoms with E-state index in [0.29, 0.717) is 0 Å². The molecule has 0 spiro atoms. The second kappa shape index (κ2) is 2.40. The Morgan fingerprint density at radius 2 is 2.36 bits per heavy atom. The van der Waals surface area contributed by atoms with Gasteiger partial charge in [-0.3, -0.25) is 5.21 Å². The summed E-state index contributed by atoms with van der Waals surface area (Å²) < 4.78 is 0. The van der Waals surface area contributed by atoms with Crippen molar-refractivity contribution in [2.24, 2.45) is 0 Å². The van der Waals surface area contributed by atoms with Crippen LogP contribution < -0.4 is 0 Å². The van der Waals surface area contributed by atoms with Gasteiger partial charge in [0.1, 0.15) is 0 Å². The SMILES string of the molecule is CC1=CC=CN(O)C1(C)C#N. The third-order valence-electron chi connectivity index (χ3n) is 2.02. The first-order chi connectivity index (χ1) is 5.11. The Hall–Kier alpha value is -1.27. The molecular formula is C8H10N2O. The minimum atomic E-state index is -0.894. The molecule has 3 nitrogen and oxygen atoms in total. The number of hydrogen-bond acceptors (Lipinski definition) is 3. The standard InChI is InChI=1S/C8H10N2O/c1-7-4-3-5-10(11)8(7,2)6-9/h3-5,11H,1-2H3. The third-order valence-corrected chi connectivity index (χ3v) is 2.02. The van der Waals surface area contributed by atoms with Crippen molar-refractivity contribution in [3.8, 4) is 6.07 Å². The number of allylic oxidation sites excluding steroid dienone is 2. The molecule has 0 aromatic heterocycles. The third kappa shape index (κ3) is 1.02. The smallest absolute Gasteiger partial charge is 0.170 e. The van der Waals surface area contributed by atoms with Gasteiger partial charge in [0.25, 0.3) is 0 Å². The molecule has 0 amide bonds. The Labute approximate surface area is 65.8 Å². The maximum atomic E-state index is 9.28. The predicted molar refractivity (Wildman–Crippen MR) is 40.5 cm³/mol. The molecule has 1 aliphatic rings. The summed E-state index contributed by atoms with van der Waals surface area (Å²) in [7, 11) is 0. The van der Waals surface area contributed by atoms with Gasteiger partial charge >= 0.3 is 0 Å². The van der Waals surface area contributed by atoms with Gasteiger partial charge in [-0.25, -0.2) is 5.06 Å². The van der Waals surface area contributed by atoms with E-state index in [-0.39, 0.29) is 0 Å². The van der Waals surface area contributed by atoms with E-state index in [4.69, 9.17) is 5.26 Å². The van der Waals surface area contributed by atoms with Gasteiger partial charge in [-0.15, -0.1) is 0 Å². The van der Waals surface area contributed by atoms with E-state index < -0.39 is 5.54 Å². The van der Waals surface area contributed by atoms with Crippen molar-refractivity contribution in [1.29, 1.82) is 5.26 Å². The molecule has 58 valence electrons. The van der Waals surface area contributed by atoms with Crippen LogP contribution in [0.1, 0.15) is 13.8 Å². The van der Waals surface area contributed by atoms with E-state index in [1.807, 2.05) is 19.1 Å². The van der Waals surface area contributed by atoms with Crippen molar-refractivity contribution in [2.75, 3.05) is 0 Å². The molecule has 0 aromatic rings. The average molecular weight is 150 g/mol. The van der Waals surface area contributed by atoms with E-state index in [0.717, 1.165) is 10.6 Å². The Bertz CT molecular complexity index is 262. The molecule has 1 rings (SSSR count). The predicted octanol–water partition coefficient (Wildman–Crippen LogP) is 1.43. The Morgan fingerprint density at radius 1 is 1.73 bits per heavy atom. The van der Waals surface area contributed by atoms with Crippen LogP contribution in [-0.4, -0.2) is 15.8 Å². The molecule has 1 heterocycles.